The number of hydrogen-bond acceptors (Lipinski definition) is 1. The highest BCUT2D eigenvalue weighted by molar-refractivity contribution is 7.84. The minimum atomic E-state index is 1.06. The maximum atomic E-state index is 4.09. The first-order valence-electron chi connectivity index (χ1n) is 2.65. The minimum Gasteiger partial charge on any atom is -0.148 e. The fourth-order valence-electron chi connectivity index (χ4n) is 0.204. The third-order valence-electron chi connectivity index (χ3n) is 0.695. The van der Waals surface area contributed by atoms with Crippen LogP contribution in [0.2, 0.25) is 0 Å². The van der Waals surface area contributed by atoms with Crippen LogP contribution in [0.15, 0.2) is 24.1 Å². The molecule has 0 aromatic carbocycles. The highest BCUT2D eigenvalue weighted by Gasteiger charge is 1.74. The van der Waals surface area contributed by atoms with Crippen molar-refractivity contribution in [2.75, 3.05) is 0 Å². The van der Waals surface area contributed by atoms with Gasteiger partial charge in [0.2, 0.25) is 0 Å². The van der Waals surface area contributed by atoms with Crippen molar-refractivity contribution >= 4 is 12.6 Å². The maximum Gasteiger partial charge on any atom is -0.0230 e. The van der Waals surface area contributed by atoms with Crippen LogP contribution in [0.3, 0.4) is 0 Å². The number of hydrogen-bond donors (Lipinski definition) is 1. The van der Waals surface area contributed by atoms with Gasteiger partial charge in [0.05, 0.1) is 0 Å². The largest absolute Gasteiger partial charge is 0.148 e. The summed E-state index contributed by atoms with van der Waals surface area (Å²) in [7, 11) is 0. The molecule has 8 heavy (non-hydrogen) atoms. The molecule has 0 aliphatic heterocycles. The Kier molecular flexibility index (Phi) is 13.4. The van der Waals surface area contributed by atoms with Crippen molar-refractivity contribution < 1.29 is 0 Å². The second kappa shape index (κ2) is 9.95. The Morgan fingerprint density at radius 2 is 2.00 bits per heavy atom. The van der Waals surface area contributed by atoms with Crippen molar-refractivity contribution in [1.82, 2.24) is 0 Å². The quantitative estimate of drug-likeness (QED) is 0.409. The van der Waals surface area contributed by atoms with Gasteiger partial charge >= 0.3 is 0 Å². The third kappa shape index (κ3) is 9.27. The van der Waals surface area contributed by atoms with Gasteiger partial charge in [-0.25, -0.2) is 0 Å². The lowest BCUT2D eigenvalue weighted by molar-refractivity contribution is 1.20. The van der Waals surface area contributed by atoms with E-state index in [2.05, 4.69) is 32.7 Å². The van der Waals surface area contributed by atoms with Crippen LogP contribution in [0, 0.1) is 0 Å². The van der Waals surface area contributed by atoms with Crippen LogP contribution in [0.25, 0.3) is 0 Å². The SMILES string of the molecule is C/C=C(\S)CC.C=C. The molecule has 0 spiro atoms. The Morgan fingerprint density at radius 1 is 1.62 bits per heavy atom. The monoisotopic (exact) mass is 130 g/mol. The van der Waals surface area contributed by atoms with E-state index in [-0.39, 0.29) is 0 Å². The zero-order chi connectivity index (χ0) is 6.99. The van der Waals surface area contributed by atoms with E-state index in [9.17, 15) is 0 Å². The number of rotatable bonds is 1. The van der Waals surface area contributed by atoms with Gasteiger partial charge in [-0.3, -0.25) is 0 Å². The lowest BCUT2D eigenvalue weighted by atomic mass is 10.4. The fraction of sp³-hybridized carbons (Fsp3) is 0.429. The van der Waals surface area contributed by atoms with E-state index in [1.165, 1.54) is 0 Å². The smallest absolute Gasteiger partial charge is 0.0230 e. The molecule has 0 atom stereocenters. The molecule has 0 N–H and O–H groups in total. The molecule has 0 radical (unpaired) electrons. The standard InChI is InChI=1S/C5H10S.C2H4/c1-3-5(6)4-2;1-2/h3,6H,4H2,1-2H3;1-2H2/b5-3-;. The number of allylic oxidation sites excluding steroid dienone is 2. The lowest BCUT2D eigenvalue weighted by Gasteiger charge is -1.83. The van der Waals surface area contributed by atoms with Crippen molar-refractivity contribution in [3.63, 3.8) is 0 Å². The summed E-state index contributed by atoms with van der Waals surface area (Å²) in [6, 6.07) is 0. The van der Waals surface area contributed by atoms with Crippen molar-refractivity contribution in [1.29, 1.82) is 0 Å². The highest BCUT2D eigenvalue weighted by Crippen LogP contribution is 2.02. The first-order chi connectivity index (χ1) is 3.81. The van der Waals surface area contributed by atoms with Crippen LogP contribution in [0.4, 0.5) is 0 Å². The van der Waals surface area contributed by atoms with E-state index < -0.39 is 0 Å². The Labute approximate surface area is 57.7 Å². The third-order valence-corrected chi connectivity index (χ3v) is 1.27. The molecule has 0 amide bonds. The molecule has 0 bridgehead atoms. The fourth-order valence-corrected chi connectivity index (χ4v) is 0.204. The van der Waals surface area contributed by atoms with Crippen LogP contribution in [-0.4, -0.2) is 0 Å². The molecular weight excluding hydrogens is 116 g/mol. The topological polar surface area (TPSA) is 0 Å². The summed E-state index contributed by atoms with van der Waals surface area (Å²) < 4.78 is 0. The average molecular weight is 130 g/mol. The molecule has 0 nitrogen and oxygen atoms in total. The predicted octanol–water partition coefficient (Wildman–Crippen LogP) is 3.03. The van der Waals surface area contributed by atoms with Gasteiger partial charge in [0.15, 0.2) is 0 Å². The van der Waals surface area contributed by atoms with Crippen LogP contribution >= 0.6 is 12.6 Å². The van der Waals surface area contributed by atoms with E-state index in [1.54, 1.807) is 0 Å². The molecule has 0 unspecified atom stereocenters. The molecule has 0 aromatic heterocycles. The van der Waals surface area contributed by atoms with Gasteiger partial charge in [-0.05, 0) is 18.2 Å². The number of thiol groups is 1. The summed E-state index contributed by atoms with van der Waals surface area (Å²) >= 11 is 4.09. The zero-order valence-electron chi connectivity index (χ0n) is 5.65. The average Bonchev–Trinajstić information content (AvgIpc) is 1.91. The van der Waals surface area contributed by atoms with E-state index in [0.717, 1.165) is 11.3 Å². The molecule has 0 aromatic rings. The zero-order valence-corrected chi connectivity index (χ0v) is 6.54. The Balaban J connectivity index is 0. The summed E-state index contributed by atoms with van der Waals surface area (Å²) in [6.45, 7) is 10.1. The summed E-state index contributed by atoms with van der Waals surface area (Å²) in [5.74, 6) is 0. The minimum absolute atomic E-state index is 1.06. The molecule has 0 heterocycles. The summed E-state index contributed by atoms with van der Waals surface area (Å²) in [4.78, 5) is 1.16. The second-order valence-corrected chi connectivity index (χ2v) is 1.71. The Bertz CT molecular complexity index is 64.8. The first kappa shape index (κ1) is 10.7. The van der Waals surface area contributed by atoms with Gasteiger partial charge in [-0.15, -0.1) is 25.8 Å². The molecule has 48 valence electrons. The molecule has 0 saturated heterocycles. The van der Waals surface area contributed by atoms with Crippen LogP contribution in [-0.2, 0) is 0 Å². The first-order valence-corrected chi connectivity index (χ1v) is 3.10. The maximum absolute atomic E-state index is 4.09. The van der Waals surface area contributed by atoms with Crippen molar-refractivity contribution in [3.8, 4) is 0 Å². The Hall–Kier alpha value is -0.170. The molecule has 0 rings (SSSR count). The van der Waals surface area contributed by atoms with Crippen LogP contribution in [0.5, 0.6) is 0 Å². The molecule has 0 aliphatic carbocycles. The normalized spacial score (nSPS) is 9.62. The van der Waals surface area contributed by atoms with Gasteiger partial charge < -0.3 is 0 Å². The van der Waals surface area contributed by atoms with Gasteiger partial charge in [-0.2, -0.15) is 0 Å². The molecule has 0 fully saturated rings. The van der Waals surface area contributed by atoms with Gasteiger partial charge in [0.1, 0.15) is 0 Å². The second-order valence-electron chi connectivity index (χ2n) is 1.13. The lowest BCUT2D eigenvalue weighted by Crippen LogP contribution is -1.59. The van der Waals surface area contributed by atoms with Crippen molar-refractivity contribution in [2.24, 2.45) is 0 Å². The molecule has 1 heteroatoms. The van der Waals surface area contributed by atoms with Gasteiger partial charge in [0, 0.05) is 0 Å². The predicted molar refractivity (Wildman–Crippen MR) is 44.3 cm³/mol. The van der Waals surface area contributed by atoms with Crippen molar-refractivity contribution in [2.45, 2.75) is 20.3 Å². The Morgan fingerprint density at radius 3 is 2.00 bits per heavy atom. The molecule has 0 saturated carbocycles. The van der Waals surface area contributed by atoms with E-state index in [0.29, 0.717) is 0 Å². The van der Waals surface area contributed by atoms with Gasteiger partial charge in [-0.1, -0.05) is 13.0 Å². The van der Waals surface area contributed by atoms with E-state index >= 15 is 0 Å². The van der Waals surface area contributed by atoms with E-state index in [4.69, 9.17) is 0 Å². The summed E-state index contributed by atoms with van der Waals surface area (Å²) in [5, 5.41) is 0. The molecular formula is C7H14S. The van der Waals surface area contributed by atoms with Gasteiger partial charge in [0.25, 0.3) is 0 Å². The molecule has 0 aliphatic rings. The summed E-state index contributed by atoms with van der Waals surface area (Å²) in [6.07, 6.45) is 3.06. The highest BCUT2D eigenvalue weighted by atomic mass is 32.1. The van der Waals surface area contributed by atoms with Crippen LogP contribution < -0.4 is 0 Å². The van der Waals surface area contributed by atoms with Crippen LogP contribution in [0.1, 0.15) is 20.3 Å². The summed E-state index contributed by atoms with van der Waals surface area (Å²) in [5.41, 5.74) is 0. The van der Waals surface area contributed by atoms with Crippen molar-refractivity contribution in [3.05, 3.63) is 24.1 Å². The van der Waals surface area contributed by atoms with E-state index in [1.807, 2.05) is 13.0 Å².